The van der Waals surface area contributed by atoms with E-state index in [2.05, 4.69) is 15.5 Å². The molecule has 174 valence electrons. The van der Waals surface area contributed by atoms with Gasteiger partial charge in [-0.3, -0.25) is 4.79 Å². The van der Waals surface area contributed by atoms with Crippen molar-refractivity contribution in [3.8, 4) is 11.5 Å². The zero-order valence-electron chi connectivity index (χ0n) is 17.1. The van der Waals surface area contributed by atoms with Gasteiger partial charge in [0, 0.05) is 23.7 Å². The summed E-state index contributed by atoms with van der Waals surface area (Å²) in [7, 11) is 0. The summed E-state index contributed by atoms with van der Waals surface area (Å²) in [4.78, 5) is 14.3. The molecule has 1 aliphatic rings. The first kappa shape index (κ1) is 23.4. The number of aromatic nitrogens is 2. The molecule has 3 aromatic rings. The molecule has 33 heavy (non-hydrogen) atoms. The van der Waals surface area contributed by atoms with Gasteiger partial charge in [0.1, 0.15) is 0 Å². The second kappa shape index (κ2) is 10.0. The number of hydrogen-bond donors (Lipinski definition) is 1. The van der Waals surface area contributed by atoms with E-state index in [1.807, 2.05) is 0 Å². The lowest BCUT2D eigenvalue weighted by atomic mass is 10.1. The van der Waals surface area contributed by atoms with E-state index in [-0.39, 0.29) is 16.9 Å². The maximum atomic E-state index is 13.2. The first-order valence-corrected chi connectivity index (χ1v) is 11.2. The van der Waals surface area contributed by atoms with E-state index >= 15 is 0 Å². The highest BCUT2D eigenvalue weighted by molar-refractivity contribution is 7.99. The molecular formula is C21H18ClF3N4O3S. The molecule has 1 fully saturated rings. The fourth-order valence-electron chi connectivity index (χ4n) is 3.17. The van der Waals surface area contributed by atoms with Crippen LogP contribution >= 0.6 is 23.4 Å². The Morgan fingerprint density at radius 1 is 1.12 bits per heavy atom. The van der Waals surface area contributed by atoms with Crippen LogP contribution in [0, 0.1) is 0 Å². The number of nitrogens with one attached hydrogen (secondary N) is 1. The molecule has 0 aliphatic carbocycles. The number of rotatable bonds is 6. The highest BCUT2D eigenvalue weighted by Crippen LogP contribution is 2.36. The SMILES string of the molecule is O=C(CSc1nnc(-c2ccc(Cl)cc2)o1)Nc1ccc(C(F)(F)F)cc1N1CCOCC1. The molecule has 0 radical (unpaired) electrons. The van der Waals surface area contributed by atoms with E-state index < -0.39 is 17.6 Å². The van der Waals surface area contributed by atoms with Crippen LogP contribution in [0.2, 0.25) is 5.02 Å². The molecule has 1 saturated heterocycles. The van der Waals surface area contributed by atoms with Gasteiger partial charge < -0.3 is 19.4 Å². The summed E-state index contributed by atoms with van der Waals surface area (Å²) in [6, 6.07) is 10.1. The number of nitrogens with zero attached hydrogens (tertiary/aromatic N) is 3. The molecular weight excluding hydrogens is 481 g/mol. The lowest BCUT2D eigenvalue weighted by molar-refractivity contribution is -0.137. The van der Waals surface area contributed by atoms with E-state index in [9.17, 15) is 18.0 Å². The Balaban J connectivity index is 1.43. The number of hydrogen-bond acceptors (Lipinski definition) is 7. The van der Waals surface area contributed by atoms with Crippen LogP contribution in [0.25, 0.3) is 11.5 Å². The third kappa shape index (κ3) is 5.98. The van der Waals surface area contributed by atoms with Gasteiger partial charge >= 0.3 is 6.18 Å². The van der Waals surface area contributed by atoms with Crippen LogP contribution in [-0.2, 0) is 15.7 Å². The van der Waals surface area contributed by atoms with E-state index in [0.29, 0.717) is 48.3 Å². The first-order chi connectivity index (χ1) is 15.8. The van der Waals surface area contributed by atoms with Gasteiger partial charge in [-0.2, -0.15) is 13.2 Å². The minimum atomic E-state index is -4.49. The number of morpholine rings is 1. The number of anilines is 2. The van der Waals surface area contributed by atoms with Crippen molar-refractivity contribution in [3.63, 3.8) is 0 Å². The molecule has 1 amide bonds. The van der Waals surface area contributed by atoms with Crippen molar-refractivity contribution in [1.82, 2.24) is 10.2 Å². The monoisotopic (exact) mass is 498 g/mol. The van der Waals surface area contributed by atoms with E-state index in [4.69, 9.17) is 20.8 Å². The van der Waals surface area contributed by atoms with Crippen molar-refractivity contribution >= 4 is 40.6 Å². The second-order valence-electron chi connectivity index (χ2n) is 7.05. The summed E-state index contributed by atoms with van der Waals surface area (Å²) >= 11 is 6.89. The van der Waals surface area contributed by atoms with Crippen LogP contribution in [0.1, 0.15) is 5.56 Å². The minimum Gasteiger partial charge on any atom is -0.411 e. The van der Waals surface area contributed by atoms with Gasteiger partial charge in [-0.15, -0.1) is 10.2 Å². The van der Waals surface area contributed by atoms with Crippen molar-refractivity contribution < 1.29 is 27.1 Å². The van der Waals surface area contributed by atoms with Crippen molar-refractivity contribution in [2.45, 2.75) is 11.4 Å². The van der Waals surface area contributed by atoms with Crippen LogP contribution in [0.15, 0.2) is 52.1 Å². The molecule has 1 aliphatic heterocycles. The molecule has 1 N–H and O–H groups in total. The normalized spacial score (nSPS) is 14.4. The zero-order chi connectivity index (χ0) is 23.4. The molecule has 0 unspecified atom stereocenters. The van der Waals surface area contributed by atoms with Gasteiger partial charge in [0.15, 0.2) is 0 Å². The summed E-state index contributed by atoms with van der Waals surface area (Å²) in [6.45, 7) is 1.64. The second-order valence-corrected chi connectivity index (χ2v) is 8.41. The molecule has 0 atom stereocenters. The van der Waals surface area contributed by atoms with Crippen LogP contribution in [-0.4, -0.2) is 48.2 Å². The predicted octanol–water partition coefficient (Wildman–Crippen LogP) is 4.98. The first-order valence-electron chi connectivity index (χ1n) is 9.85. The minimum absolute atomic E-state index is 0.0637. The maximum absolute atomic E-state index is 13.2. The molecule has 0 saturated carbocycles. The molecule has 2 heterocycles. The highest BCUT2D eigenvalue weighted by atomic mass is 35.5. The summed E-state index contributed by atoms with van der Waals surface area (Å²) in [5.74, 6) is -0.196. The third-order valence-electron chi connectivity index (χ3n) is 4.78. The standard InChI is InChI=1S/C21H18ClF3N4O3S/c22-15-4-1-13(2-5-15)19-27-28-20(32-19)33-12-18(30)26-16-6-3-14(21(23,24)25)11-17(16)29-7-9-31-10-8-29/h1-6,11H,7-10,12H2,(H,26,30). The molecule has 4 rings (SSSR count). The maximum Gasteiger partial charge on any atom is 0.416 e. The van der Waals surface area contributed by atoms with Crippen molar-refractivity contribution in [1.29, 1.82) is 0 Å². The zero-order valence-corrected chi connectivity index (χ0v) is 18.6. The van der Waals surface area contributed by atoms with Gasteiger partial charge in [0.25, 0.3) is 5.22 Å². The lowest BCUT2D eigenvalue weighted by Crippen LogP contribution is -2.37. The molecule has 1 aromatic heterocycles. The van der Waals surface area contributed by atoms with Crippen molar-refractivity contribution in [3.05, 3.63) is 53.1 Å². The molecule has 7 nitrogen and oxygen atoms in total. The molecule has 12 heteroatoms. The molecule has 0 bridgehead atoms. The van der Waals surface area contributed by atoms with Gasteiger partial charge in [0.2, 0.25) is 11.8 Å². The smallest absolute Gasteiger partial charge is 0.411 e. The fourth-order valence-corrected chi connectivity index (χ4v) is 3.86. The molecule has 0 spiro atoms. The van der Waals surface area contributed by atoms with Gasteiger partial charge in [-0.25, -0.2) is 0 Å². The Kier molecular flexibility index (Phi) is 7.11. The summed E-state index contributed by atoms with van der Waals surface area (Å²) in [5, 5.41) is 11.3. The summed E-state index contributed by atoms with van der Waals surface area (Å²) in [6.07, 6.45) is -4.49. The average molecular weight is 499 g/mol. The number of alkyl halides is 3. The van der Waals surface area contributed by atoms with E-state index in [1.54, 1.807) is 29.2 Å². The molecule has 2 aromatic carbocycles. The number of carbonyl (C=O) groups is 1. The Hall–Kier alpha value is -2.76. The van der Waals surface area contributed by atoms with Gasteiger partial charge in [-0.05, 0) is 42.5 Å². The third-order valence-corrected chi connectivity index (χ3v) is 5.85. The Bertz CT molecular complexity index is 1120. The quantitative estimate of drug-likeness (QED) is 0.480. The number of thioether (sulfide) groups is 1. The number of amides is 1. The van der Waals surface area contributed by atoms with E-state index in [0.717, 1.165) is 23.9 Å². The largest absolute Gasteiger partial charge is 0.416 e. The van der Waals surface area contributed by atoms with Crippen LogP contribution in [0.4, 0.5) is 24.5 Å². The number of carbonyl (C=O) groups excluding carboxylic acids is 1. The Morgan fingerprint density at radius 3 is 2.55 bits per heavy atom. The van der Waals surface area contributed by atoms with Crippen LogP contribution in [0.3, 0.4) is 0 Å². The number of benzene rings is 2. The Morgan fingerprint density at radius 2 is 1.85 bits per heavy atom. The lowest BCUT2D eigenvalue weighted by Gasteiger charge is -2.31. The number of halogens is 4. The Labute approximate surface area is 196 Å². The van der Waals surface area contributed by atoms with Crippen LogP contribution < -0.4 is 10.2 Å². The summed E-state index contributed by atoms with van der Waals surface area (Å²) in [5.41, 5.74) is 0.497. The number of ether oxygens (including phenoxy) is 1. The van der Waals surface area contributed by atoms with Crippen molar-refractivity contribution in [2.75, 3.05) is 42.3 Å². The van der Waals surface area contributed by atoms with Gasteiger partial charge in [0.05, 0.1) is 35.9 Å². The van der Waals surface area contributed by atoms with Crippen LogP contribution in [0.5, 0.6) is 0 Å². The average Bonchev–Trinajstić information content (AvgIpc) is 3.27. The highest BCUT2D eigenvalue weighted by Gasteiger charge is 2.32. The fraction of sp³-hybridized carbons (Fsp3) is 0.286. The van der Waals surface area contributed by atoms with Crippen molar-refractivity contribution in [2.24, 2.45) is 0 Å². The van der Waals surface area contributed by atoms with E-state index in [1.165, 1.54) is 6.07 Å². The summed E-state index contributed by atoms with van der Waals surface area (Å²) < 4.78 is 50.5. The topological polar surface area (TPSA) is 80.5 Å². The predicted molar refractivity (Wildman–Crippen MR) is 119 cm³/mol. The van der Waals surface area contributed by atoms with Gasteiger partial charge in [-0.1, -0.05) is 23.4 Å².